The summed E-state index contributed by atoms with van der Waals surface area (Å²) >= 11 is 0. The molecule has 40 heavy (non-hydrogen) atoms. The molecule has 0 aliphatic carbocycles. The molecule has 0 spiro atoms. The van der Waals surface area contributed by atoms with Crippen LogP contribution < -0.4 is 16.0 Å². The van der Waals surface area contributed by atoms with Gasteiger partial charge in [-0.2, -0.15) is 0 Å². The summed E-state index contributed by atoms with van der Waals surface area (Å²) in [6.45, 7) is 2.19. The third-order valence-corrected chi connectivity index (χ3v) is 7.74. The highest BCUT2D eigenvalue weighted by molar-refractivity contribution is 5.99. The maximum atomic E-state index is 13.7. The smallest absolute Gasteiger partial charge is 0.249 e. The number of amides is 3. The largest absolute Gasteiger partial charge is 0.383 e. The number of aromatic nitrogens is 1. The van der Waals surface area contributed by atoms with Crippen LogP contribution in [0, 0.1) is 0 Å². The average Bonchev–Trinajstić information content (AvgIpc) is 3.40. The van der Waals surface area contributed by atoms with Crippen LogP contribution in [0.3, 0.4) is 0 Å². The molecule has 5 rings (SSSR count). The molecule has 1 aromatic heterocycles. The van der Waals surface area contributed by atoms with Gasteiger partial charge in [0, 0.05) is 37.6 Å². The van der Waals surface area contributed by atoms with E-state index in [0.717, 1.165) is 29.6 Å². The molecule has 0 saturated carbocycles. The van der Waals surface area contributed by atoms with Crippen molar-refractivity contribution in [2.45, 2.75) is 43.5 Å². The Kier molecular flexibility index (Phi) is 8.69. The first-order valence-electron chi connectivity index (χ1n) is 13.8. The van der Waals surface area contributed by atoms with Gasteiger partial charge >= 0.3 is 0 Å². The zero-order valence-corrected chi connectivity index (χ0v) is 22.6. The summed E-state index contributed by atoms with van der Waals surface area (Å²) < 4.78 is 0. The number of carbonyl (C=O) groups excluding carboxylic acids is 3. The van der Waals surface area contributed by atoms with Crippen molar-refractivity contribution >= 4 is 34.3 Å². The summed E-state index contributed by atoms with van der Waals surface area (Å²) in [5, 5.41) is 20.5. The van der Waals surface area contributed by atoms with Crippen molar-refractivity contribution < 1.29 is 19.5 Å². The molecule has 0 bridgehead atoms. The van der Waals surface area contributed by atoms with Crippen molar-refractivity contribution in [1.82, 2.24) is 25.4 Å². The number of aliphatic hydroxyl groups is 1. The van der Waals surface area contributed by atoms with E-state index in [9.17, 15) is 19.5 Å². The highest BCUT2D eigenvalue weighted by Gasteiger charge is 2.43. The standard InChI is InChI=1S/C30H36N6O4/c1-35-14-13-31-18-26(35)30(40)36-19-23(34-29(39)27(37)12-11-20-7-3-2-4-8-20)16-25(36)28(38)33-22-15-21-9-5-6-10-24(21)32-17-22/h2-10,15,17,23,25-27,31,37H,11-14,16,18-19H2,1H3,(H,33,38)(H,34,39). The molecular formula is C30H36N6O4. The molecular weight excluding hydrogens is 508 g/mol. The number of carbonyl (C=O) groups is 3. The number of likely N-dealkylation sites (N-methyl/N-ethyl adjacent to an activating group) is 1. The fourth-order valence-electron chi connectivity index (χ4n) is 5.45. The first kappa shape index (κ1) is 27.7. The van der Waals surface area contributed by atoms with Crippen LogP contribution in [-0.2, 0) is 20.8 Å². The van der Waals surface area contributed by atoms with Crippen molar-refractivity contribution in [3.05, 3.63) is 72.4 Å². The molecule has 10 heteroatoms. The van der Waals surface area contributed by atoms with E-state index in [4.69, 9.17) is 0 Å². The molecule has 10 nitrogen and oxygen atoms in total. The maximum absolute atomic E-state index is 13.7. The first-order valence-corrected chi connectivity index (χ1v) is 13.8. The normalized spacial score (nSPS) is 22.1. The fraction of sp³-hybridized carbons (Fsp3) is 0.400. The molecule has 2 aliphatic heterocycles. The highest BCUT2D eigenvalue weighted by atomic mass is 16.3. The van der Waals surface area contributed by atoms with Crippen molar-refractivity contribution in [1.29, 1.82) is 0 Å². The van der Waals surface area contributed by atoms with Gasteiger partial charge in [-0.3, -0.25) is 24.3 Å². The van der Waals surface area contributed by atoms with Gasteiger partial charge < -0.3 is 26.0 Å². The monoisotopic (exact) mass is 544 g/mol. The number of aryl methyl sites for hydroxylation is 1. The number of likely N-dealkylation sites (tertiary alicyclic amines) is 1. The second-order valence-electron chi connectivity index (χ2n) is 10.6. The van der Waals surface area contributed by atoms with Gasteiger partial charge in [0.05, 0.1) is 17.4 Å². The van der Waals surface area contributed by atoms with Crippen LogP contribution in [0.4, 0.5) is 5.69 Å². The Hall–Kier alpha value is -3.86. The minimum atomic E-state index is -1.19. The Morgan fingerprint density at radius 2 is 1.88 bits per heavy atom. The van der Waals surface area contributed by atoms with Crippen molar-refractivity contribution in [3.63, 3.8) is 0 Å². The molecule has 0 radical (unpaired) electrons. The van der Waals surface area contributed by atoms with E-state index in [1.807, 2.05) is 72.6 Å². The molecule has 2 saturated heterocycles. The number of fused-ring (bicyclic) bond motifs is 1. The summed E-state index contributed by atoms with van der Waals surface area (Å²) in [5.74, 6) is -0.990. The lowest BCUT2D eigenvalue weighted by atomic mass is 10.1. The molecule has 2 aromatic carbocycles. The zero-order valence-electron chi connectivity index (χ0n) is 22.6. The zero-order chi connectivity index (χ0) is 28.1. The second kappa shape index (κ2) is 12.5. The fourth-order valence-corrected chi connectivity index (χ4v) is 5.45. The number of benzene rings is 2. The third kappa shape index (κ3) is 6.47. The van der Waals surface area contributed by atoms with Gasteiger partial charge in [0.2, 0.25) is 17.7 Å². The second-order valence-corrected chi connectivity index (χ2v) is 10.6. The van der Waals surface area contributed by atoms with E-state index in [-0.39, 0.29) is 31.2 Å². The van der Waals surface area contributed by atoms with Crippen LogP contribution in [0.5, 0.6) is 0 Å². The summed E-state index contributed by atoms with van der Waals surface area (Å²) in [6, 6.07) is 17.5. The topological polar surface area (TPSA) is 127 Å². The van der Waals surface area contributed by atoms with E-state index in [1.54, 1.807) is 11.1 Å². The summed E-state index contributed by atoms with van der Waals surface area (Å²) in [7, 11) is 1.90. The Morgan fingerprint density at radius 1 is 1.10 bits per heavy atom. The van der Waals surface area contributed by atoms with Crippen LogP contribution >= 0.6 is 0 Å². The van der Waals surface area contributed by atoms with E-state index in [1.165, 1.54) is 0 Å². The molecule has 4 atom stereocenters. The maximum Gasteiger partial charge on any atom is 0.249 e. The number of nitrogens with zero attached hydrogens (tertiary/aromatic N) is 3. The molecule has 3 heterocycles. The van der Waals surface area contributed by atoms with Crippen LogP contribution in [0.25, 0.3) is 10.9 Å². The number of anilines is 1. The molecule has 2 fully saturated rings. The van der Waals surface area contributed by atoms with Crippen molar-refractivity contribution in [3.8, 4) is 0 Å². The number of aliphatic hydroxyl groups excluding tert-OH is 1. The minimum absolute atomic E-state index is 0.159. The quantitative estimate of drug-likeness (QED) is 0.335. The molecule has 3 aromatic rings. The number of pyridine rings is 1. The molecule has 2 aliphatic rings. The van der Waals surface area contributed by atoms with Crippen LogP contribution in [-0.4, -0.2) is 95.1 Å². The summed E-state index contributed by atoms with van der Waals surface area (Å²) in [5.41, 5.74) is 2.40. The lowest BCUT2D eigenvalue weighted by Gasteiger charge is -2.36. The average molecular weight is 545 g/mol. The summed E-state index contributed by atoms with van der Waals surface area (Å²) in [6.07, 6.45) is 1.51. The molecule has 4 unspecified atom stereocenters. The molecule has 3 amide bonds. The van der Waals surface area contributed by atoms with Gasteiger partial charge in [-0.15, -0.1) is 0 Å². The van der Waals surface area contributed by atoms with Gasteiger partial charge in [-0.25, -0.2) is 0 Å². The lowest BCUT2D eigenvalue weighted by molar-refractivity contribution is -0.141. The first-order chi connectivity index (χ1) is 19.4. The number of rotatable bonds is 8. The van der Waals surface area contributed by atoms with Crippen LogP contribution in [0.2, 0.25) is 0 Å². The predicted octanol–water partition coefficient (Wildman–Crippen LogP) is 1.16. The Balaban J connectivity index is 1.28. The van der Waals surface area contributed by atoms with Crippen LogP contribution in [0.1, 0.15) is 18.4 Å². The number of hydrogen-bond donors (Lipinski definition) is 4. The van der Waals surface area contributed by atoms with Crippen molar-refractivity contribution in [2.24, 2.45) is 0 Å². The van der Waals surface area contributed by atoms with Gasteiger partial charge in [-0.1, -0.05) is 48.5 Å². The predicted molar refractivity (Wildman–Crippen MR) is 152 cm³/mol. The van der Waals surface area contributed by atoms with Crippen LogP contribution in [0.15, 0.2) is 66.9 Å². The Morgan fingerprint density at radius 3 is 2.67 bits per heavy atom. The number of para-hydroxylation sites is 1. The van der Waals surface area contributed by atoms with Gasteiger partial charge in [-0.05, 0) is 44.0 Å². The summed E-state index contributed by atoms with van der Waals surface area (Å²) in [4.78, 5) is 48.0. The van der Waals surface area contributed by atoms with E-state index >= 15 is 0 Å². The van der Waals surface area contributed by atoms with E-state index in [2.05, 4.69) is 20.9 Å². The lowest BCUT2D eigenvalue weighted by Crippen LogP contribution is -2.59. The van der Waals surface area contributed by atoms with E-state index < -0.39 is 30.1 Å². The van der Waals surface area contributed by atoms with Gasteiger partial charge in [0.15, 0.2) is 0 Å². The van der Waals surface area contributed by atoms with Crippen molar-refractivity contribution in [2.75, 3.05) is 38.5 Å². The molecule has 4 N–H and O–H groups in total. The number of hydrogen-bond acceptors (Lipinski definition) is 7. The minimum Gasteiger partial charge on any atom is -0.383 e. The Labute approximate surface area is 233 Å². The van der Waals surface area contributed by atoms with E-state index in [0.29, 0.717) is 18.7 Å². The molecule has 210 valence electrons. The van der Waals surface area contributed by atoms with Gasteiger partial charge in [0.1, 0.15) is 18.2 Å². The Bertz CT molecular complexity index is 1350. The SMILES string of the molecule is CN1CCNCC1C(=O)N1CC(NC(=O)C(O)CCc2ccccc2)CC1C(=O)Nc1cnc2ccccc2c1. The third-order valence-electron chi connectivity index (χ3n) is 7.74. The van der Waals surface area contributed by atoms with Gasteiger partial charge in [0.25, 0.3) is 0 Å². The highest BCUT2D eigenvalue weighted by Crippen LogP contribution is 2.24. The number of piperazine rings is 1. The number of nitrogens with one attached hydrogen (secondary N) is 3.